The molecule has 6 heterocycles. The van der Waals surface area contributed by atoms with Gasteiger partial charge in [-0.1, -0.05) is 19.1 Å². The molecular formula is C33H41N7O3. The van der Waals surface area contributed by atoms with Gasteiger partial charge in [0.05, 0.1) is 18.2 Å². The Morgan fingerprint density at radius 2 is 1.88 bits per heavy atom. The van der Waals surface area contributed by atoms with Gasteiger partial charge in [0, 0.05) is 35.4 Å². The Morgan fingerprint density at radius 3 is 2.60 bits per heavy atom. The van der Waals surface area contributed by atoms with Gasteiger partial charge >= 0.3 is 6.09 Å². The number of nitrogens with zero attached hydrogens (tertiary/aromatic N) is 5. The van der Waals surface area contributed by atoms with Gasteiger partial charge in [-0.05, 0) is 94.8 Å². The van der Waals surface area contributed by atoms with Crippen LogP contribution >= 0.6 is 0 Å². The molecule has 0 bridgehead atoms. The second-order valence-corrected chi connectivity index (χ2v) is 13.4. The van der Waals surface area contributed by atoms with Crippen molar-refractivity contribution in [2.45, 2.75) is 82.9 Å². The second-order valence-electron chi connectivity index (χ2n) is 13.4. The number of aromatic nitrogens is 3. The highest BCUT2D eigenvalue weighted by Gasteiger charge is 2.53. The Morgan fingerprint density at radius 1 is 1.07 bits per heavy atom. The quantitative estimate of drug-likeness (QED) is 0.391. The third kappa shape index (κ3) is 4.90. The molecule has 1 aromatic carbocycles. The average molecular weight is 584 g/mol. The van der Waals surface area contributed by atoms with E-state index >= 15 is 0 Å². The second kappa shape index (κ2) is 10.4. The van der Waals surface area contributed by atoms with Crippen molar-refractivity contribution in [2.24, 2.45) is 0 Å². The number of ether oxygens (including phenoxy) is 2. The van der Waals surface area contributed by atoms with Crippen LogP contribution in [-0.4, -0.2) is 65.0 Å². The molecule has 3 fully saturated rings. The molecule has 2 N–H and O–H groups in total. The van der Waals surface area contributed by atoms with Gasteiger partial charge in [0.1, 0.15) is 24.1 Å². The van der Waals surface area contributed by atoms with Crippen LogP contribution in [0.3, 0.4) is 0 Å². The Labute approximate surface area is 253 Å². The molecule has 1 amide bonds. The molecule has 4 atom stereocenters. The van der Waals surface area contributed by atoms with Crippen LogP contribution in [0.5, 0.6) is 0 Å². The van der Waals surface area contributed by atoms with Crippen molar-refractivity contribution >= 4 is 35.2 Å². The number of fused-ring (bicyclic) bond motifs is 3. The monoisotopic (exact) mass is 583 g/mol. The van der Waals surface area contributed by atoms with Crippen molar-refractivity contribution in [1.82, 2.24) is 20.3 Å². The fourth-order valence-electron chi connectivity index (χ4n) is 7.20. The summed E-state index contributed by atoms with van der Waals surface area (Å²) in [6, 6.07) is 12.3. The number of anilines is 5. The summed E-state index contributed by atoms with van der Waals surface area (Å²) in [5.74, 6) is 3.24. The lowest BCUT2D eigenvalue weighted by Crippen LogP contribution is -2.43. The summed E-state index contributed by atoms with van der Waals surface area (Å²) in [6.45, 7) is 13.7. The number of hydrogen-bond donors (Lipinski definition) is 2. The van der Waals surface area contributed by atoms with Crippen molar-refractivity contribution in [2.75, 3.05) is 41.4 Å². The van der Waals surface area contributed by atoms with Crippen molar-refractivity contribution in [3.8, 4) is 0 Å². The topological polar surface area (TPSA) is 105 Å². The first-order chi connectivity index (χ1) is 20.6. The number of nitrogens with one attached hydrogen (secondary N) is 2. The predicted molar refractivity (Wildman–Crippen MR) is 167 cm³/mol. The maximum atomic E-state index is 12.6. The highest BCUT2D eigenvalue weighted by Crippen LogP contribution is 2.52. The summed E-state index contributed by atoms with van der Waals surface area (Å²) in [6.07, 6.45) is 4.55. The molecule has 4 aliphatic rings. The Bertz CT molecular complexity index is 1560. The van der Waals surface area contributed by atoms with Gasteiger partial charge < -0.3 is 25.0 Å². The zero-order valence-electron chi connectivity index (χ0n) is 25.7. The van der Waals surface area contributed by atoms with E-state index in [0.29, 0.717) is 30.9 Å². The summed E-state index contributed by atoms with van der Waals surface area (Å²) in [7, 11) is 0. The first kappa shape index (κ1) is 28.0. The highest BCUT2D eigenvalue weighted by molar-refractivity contribution is 5.89. The lowest BCUT2D eigenvalue weighted by atomic mass is 9.78. The minimum Gasteiger partial charge on any atom is -0.447 e. The van der Waals surface area contributed by atoms with Crippen molar-refractivity contribution in [3.63, 3.8) is 0 Å². The number of rotatable bonds is 5. The van der Waals surface area contributed by atoms with E-state index in [9.17, 15) is 4.79 Å². The van der Waals surface area contributed by atoms with E-state index in [4.69, 9.17) is 24.4 Å². The number of amides is 1. The zero-order chi connectivity index (χ0) is 29.9. The number of hydrogen-bond acceptors (Lipinski definition) is 9. The van der Waals surface area contributed by atoms with Gasteiger partial charge in [-0.3, -0.25) is 4.90 Å². The molecule has 2 aromatic heterocycles. The molecule has 7 rings (SSSR count). The number of cyclic esters (lactones) is 1. The summed E-state index contributed by atoms with van der Waals surface area (Å²) >= 11 is 0. The SMILES string of the molecule is Cc1cc(Nc2ncc3c(n2)N(c2cccc(N4C(=O)OC[C@@H]4C)n2)[C@@H]2CCC(C)(C)OC[C@]32C)ccc1[C@@H]1CCNC1. The number of carbonyl (C=O) groups is 1. The van der Waals surface area contributed by atoms with Crippen LogP contribution in [0.2, 0.25) is 0 Å². The Kier molecular flexibility index (Phi) is 6.81. The molecule has 43 heavy (non-hydrogen) atoms. The maximum absolute atomic E-state index is 12.6. The minimum absolute atomic E-state index is 0.0566. The minimum atomic E-state index is -0.368. The third-order valence-electron chi connectivity index (χ3n) is 9.77. The third-order valence-corrected chi connectivity index (χ3v) is 9.77. The number of carbonyl (C=O) groups excluding carboxylic acids is 1. The summed E-state index contributed by atoms with van der Waals surface area (Å²) in [4.78, 5) is 31.4. The van der Waals surface area contributed by atoms with Crippen molar-refractivity contribution in [1.29, 1.82) is 0 Å². The van der Waals surface area contributed by atoms with Crippen LogP contribution in [0.4, 0.5) is 33.9 Å². The molecule has 0 unspecified atom stereocenters. The fourth-order valence-corrected chi connectivity index (χ4v) is 7.20. The van der Waals surface area contributed by atoms with E-state index in [1.54, 1.807) is 4.90 Å². The van der Waals surface area contributed by atoms with Gasteiger partial charge in [0.2, 0.25) is 5.95 Å². The standard InChI is InChI=1S/C33H41N7O3/c1-20-15-23(9-10-24(20)22-12-14-34-16-22)36-30-35-17-25-29(38-30)40(26-11-13-32(3,4)43-19-33(25,26)5)28-8-6-7-27(37-28)39-21(2)18-42-31(39)41/h6-10,15,17,21-22,26,34H,11-14,16,18-19H2,1-5H3,(H,35,36,38)/t21-,22+,26+,33+/m0/s1. The van der Waals surface area contributed by atoms with Gasteiger partial charge in [-0.2, -0.15) is 4.98 Å². The average Bonchev–Trinajstić information content (AvgIpc) is 3.67. The van der Waals surface area contributed by atoms with E-state index in [0.717, 1.165) is 48.8 Å². The maximum Gasteiger partial charge on any atom is 0.415 e. The molecule has 3 aromatic rings. The van der Waals surface area contributed by atoms with Crippen LogP contribution in [0.15, 0.2) is 42.6 Å². The molecule has 0 spiro atoms. The summed E-state index contributed by atoms with van der Waals surface area (Å²) in [5.41, 5.74) is 4.10. The molecule has 10 nitrogen and oxygen atoms in total. The fraction of sp³-hybridized carbons (Fsp3) is 0.515. The molecule has 226 valence electrons. The molecule has 3 saturated heterocycles. The van der Waals surface area contributed by atoms with Crippen molar-refractivity contribution in [3.05, 3.63) is 59.3 Å². The van der Waals surface area contributed by atoms with Gasteiger partial charge in [0.25, 0.3) is 0 Å². The Balaban J connectivity index is 1.27. The first-order valence-electron chi connectivity index (χ1n) is 15.4. The van der Waals surface area contributed by atoms with E-state index in [1.807, 2.05) is 31.3 Å². The molecule has 0 radical (unpaired) electrons. The van der Waals surface area contributed by atoms with E-state index in [1.165, 1.54) is 17.5 Å². The van der Waals surface area contributed by atoms with Crippen LogP contribution in [0.1, 0.15) is 69.6 Å². The molecule has 0 saturated carbocycles. The van der Waals surface area contributed by atoms with Crippen LogP contribution < -0.4 is 20.4 Å². The summed E-state index contributed by atoms with van der Waals surface area (Å²) < 4.78 is 11.8. The number of aryl methyl sites for hydroxylation is 1. The molecule has 10 heteroatoms. The molecule has 4 aliphatic heterocycles. The largest absolute Gasteiger partial charge is 0.447 e. The number of benzene rings is 1. The van der Waals surface area contributed by atoms with Gasteiger partial charge in [-0.25, -0.2) is 14.8 Å². The zero-order valence-corrected chi connectivity index (χ0v) is 25.7. The highest BCUT2D eigenvalue weighted by atomic mass is 16.6. The van der Waals surface area contributed by atoms with Crippen molar-refractivity contribution < 1.29 is 14.3 Å². The van der Waals surface area contributed by atoms with Gasteiger partial charge in [0.15, 0.2) is 0 Å². The summed E-state index contributed by atoms with van der Waals surface area (Å²) in [5, 5.41) is 6.94. The van der Waals surface area contributed by atoms with Crippen LogP contribution in [0, 0.1) is 6.92 Å². The van der Waals surface area contributed by atoms with E-state index in [2.05, 4.69) is 61.4 Å². The molecule has 0 aliphatic carbocycles. The lowest BCUT2D eigenvalue weighted by Gasteiger charge is -2.34. The smallest absolute Gasteiger partial charge is 0.415 e. The van der Waals surface area contributed by atoms with E-state index < -0.39 is 0 Å². The first-order valence-corrected chi connectivity index (χ1v) is 15.4. The number of pyridine rings is 1. The Hall–Kier alpha value is -3.76. The normalized spacial score (nSPS) is 27.9. The van der Waals surface area contributed by atoms with Crippen LogP contribution in [0.25, 0.3) is 0 Å². The predicted octanol–water partition coefficient (Wildman–Crippen LogP) is 5.71. The van der Waals surface area contributed by atoms with Gasteiger partial charge in [-0.15, -0.1) is 0 Å². The lowest BCUT2D eigenvalue weighted by molar-refractivity contribution is -0.0302. The van der Waals surface area contributed by atoms with E-state index in [-0.39, 0.29) is 29.2 Å². The van der Waals surface area contributed by atoms with Crippen LogP contribution in [-0.2, 0) is 14.9 Å². The molecular weight excluding hydrogens is 542 g/mol.